The van der Waals surface area contributed by atoms with Gasteiger partial charge >= 0.3 is 5.97 Å². The van der Waals surface area contributed by atoms with E-state index in [9.17, 15) is 9.59 Å². The third kappa shape index (κ3) is 4.62. The van der Waals surface area contributed by atoms with Gasteiger partial charge in [-0.2, -0.15) is 0 Å². The lowest BCUT2D eigenvalue weighted by Gasteiger charge is -2.10. The summed E-state index contributed by atoms with van der Waals surface area (Å²) in [5.41, 5.74) is 0.478. The molecule has 0 saturated carbocycles. The van der Waals surface area contributed by atoms with Crippen molar-refractivity contribution in [1.29, 1.82) is 0 Å². The molecular weight excluding hydrogens is 322 g/mol. The molecule has 0 aliphatic heterocycles. The van der Waals surface area contributed by atoms with Crippen molar-refractivity contribution < 1.29 is 24.2 Å². The first kappa shape index (κ1) is 16.6. The van der Waals surface area contributed by atoms with Gasteiger partial charge in [-0.1, -0.05) is 17.7 Å². The van der Waals surface area contributed by atoms with Crippen LogP contribution < -0.4 is 14.8 Å². The van der Waals surface area contributed by atoms with E-state index in [1.54, 1.807) is 24.3 Å². The zero-order chi connectivity index (χ0) is 16.8. The molecule has 2 aromatic rings. The Morgan fingerprint density at radius 1 is 1.22 bits per heavy atom. The van der Waals surface area contributed by atoms with Gasteiger partial charge in [0.25, 0.3) is 5.91 Å². The number of aromatic carboxylic acids is 1. The third-order valence-corrected chi connectivity index (χ3v) is 3.12. The summed E-state index contributed by atoms with van der Waals surface area (Å²) < 4.78 is 10.3. The summed E-state index contributed by atoms with van der Waals surface area (Å²) in [6.07, 6.45) is 0. The first-order chi connectivity index (χ1) is 11.0. The summed E-state index contributed by atoms with van der Waals surface area (Å²) >= 11 is 5.81. The molecule has 2 N–H and O–H groups in total. The fourth-order valence-electron chi connectivity index (χ4n) is 1.83. The quantitative estimate of drug-likeness (QED) is 0.847. The number of rotatable bonds is 6. The molecule has 6 nitrogen and oxygen atoms in total. The molecule has 0 aromatic heterocycles. The number of carboxylic acid groups (broad SMARTS) is 1. The average molecular weight is 336 g/mol. The van der Waals surface area contributed by atoms with E-state index in [4.69, 9.17) is 26.2 Å². The number of ether oxygens (including phenoxy) is 2. The van der Waals surface area contributed by atoms with Crippen LogP contribution in [0.2, 0.25) is 5.02 Å². The van der Waals surface area contributed by atoms with E-state index < -0.39 is 11.9 Å². The fraction of sp³-hybridized carbons (Fsp3) is 0.125. The van der Waals surface area contributed by atoms with E-state index in [-0.39, 0.29) is 17.9 Å². The van der Waals surface area contributed by atoms with E-state index in [0.717, 1.165) is 0 Å². The molecule has 0 unspecified atom stereocenters. The number of anilines is 1. The second-order valence-corrected chi connectivity index (χ2v) is 4.95. The Kier molecular flexibility index (Phi) is 5.43. The lowest BCUT2D eigenvalue weighted by molar-refractivity contribution is -0.118. The van der Waals surface area contributed by atoms with E-state index >= 15 is 0 Å². The lowest BCUT2D eigenvalue weighted by atomic mass is 10.2. The molecule has 0 spiro atoms. The minimum absolute atomic E-state index is 0.0331. The van der Waals surface area contributed by atoms with Gasteiger partial charge in [-0.3, -0.25) is 4.79 Å². The molecule has 120 valence electrons. The molecule has 0 heterocycles. The van der Waals surface area contributed by atoms with Gasteiger partial charge in [0, 0.05) is 16.8 Å². The smallest absolute Gasteiger partial charge is 0.339 e. The van der Waals surface area contributed by atoms with E-state index in [1.807, 2.05) is 0 Å². The van der Waals surface area contributed by atoms with Crippen molar-refractivity contribution in [3.05, 3.63) is 53.1 Å². The van der Waals surface area contributed by atoms with Crippen molar-refractivity contribution in [3.8, 4) is 11.5 Å². The topological polar surface area (TPSA) is 84.9 Å². The van der Waals surface area contributed by atoms with E-state index in [1.165, 1.54) is 25.3 Å². The molecule has 0 aliphatic rings. The Morgan fingerprint density at radius 3 is 2.70 bits per heavy atom. The number of benzene rings is 2. The van der Waals surface area contributed by atoms with Crippen LogP contribution in [0.3, 0.4) is 0 Å². The molecule has 23 heavy (non-hydrogen) atoms. The first-order valence-electron chi connectivity index (χ1n) is 6.59. The average Bonchev–Trinajstić information content (AvgIpc) is 2.53. The molecule has 0 aliphatic carbocycles. The van der Waals surface area contributed by atoms with Crippen LogP contribution in [0.15, 0.2) is 42.5 Å². The van der Waals surface area contributed by atoms with Gasteiger partial charge in [-0.25, -0.2) is 4.79 Å². The molecule has 0 atom stereocenters. The van der Waals surface area contributed by atoms with Crippen LogP contribution in [0.5, 0.6) is 11.5 Å². The normalized spacial score (nSPS) is 10.0. The van der Waals surface area contributed by atoms with Crippen molar-refractivity contribution in [1.82, 2.24) is 0 Å². The van der Waals surface area contributed by atoms with Gasteiger partial charge in [0.05, 0.1) is 7.11 Å². The largest absolute Gasteiger partial charge is 0.497 e. The molecule has 2 aromatic carbocycles. The Hall–Kier alpha value is -2.73. The zero-order valence-corrected chi connectivity index (χ0v) is 13.0. The second-order valence-electron chi connectivity index (χ2n) is 4.51. The van der Waals surface area contributed by atoms with Gasteiger partial charge in [-0.05, 0) is 30.3 Å². The summed E-state index contributed by atoms with van der Waals surface area (Å²) in [6, 6.07) is 10.9. The highest BCUT2D eigenvalue weighted by Crippen LogP contribution is 2.23. The van der Waals surface area contributed by atoms with Crippen LogP contribution in [0.1, 0.15) is 10.4 Å². The monoisotopic (exact) mass is 335 g/mol. The van der Waals surface area contributed by atoms with Crippen molar-refractivity contribution in [2.45, 2.75) is 0 Å². The van der Waals surface area contributed by atoms with Crippen LogP contribution in [0.4, 0.5) is 5.69 Å². The summed E-state index contributed by atoms with van der Waals surface area (Å²) in [4.78, 5) is 23.0. The lowest BCUT2D eigenvalue weighted by Crippen LogP contribution is -2.20. The van der Waals surface area contributed by atoms with Gasteiger partial charge in [0.2, 0.25) is 0 Å². The molecule has 1 amide bonds. The van der Waals surface area contributed by atoms with Gasteiger partial charge < -0.3 is 19.9 Å². The molecule has 2 rings (SSSR count). The molecular formula is C16H14ClNO5. The predicted octanol–water partition coefficient (Wildman–Crippen LogP) is 3.06. The number of carboxylic acids is 1. The summed E-state index contributed by atoms with van der Waals surface area (Å²) in [5, 5.41) is 12.0. The van der Waals surface area contributed by atoms with Crippen LogP contribution in [0.25, 0.3) is 0 Å². The summed E-state index contributed by atoms with van der Waals surface area (Å²) in [7, 11) is 1.52. The fourth-order valence-corrected chi connectivity index (χ4v) is 2.00. The molecule has 0 bridgehead atoms. The Balaban J connectivity index is 2.02. The van der Waals surface area contributed by atoms with Gasteiger partial charge in [0.1, 0.15) is 17.1 Å². The van der Waals surface area contributed by atoms with Crippen LogP contribution in [-0.4, -0.2) is 30.7 Å². The Morgan fingerprint density at radius 2 is 2.00 bits per heavy atom. The number of methoxy groups -OCH3 is 1. The van der Waals surface area contributed by atoms with Crippen LogP contribution in [-0.2, 0) is 4.79 Å². The highest BCUT2D eigenvalue weighted by molar-refractivity contribution is 6.30. The third-order valence-electron chi connectivity index (χ3n) is 2.89. The Labute approximate surface area is 137 Å². The highest BCUT2D eigenvalue weighted by atomic mass is 35.5. The molecule has 7 heteroatoms. The summed E-state index contributed by atoms with van der Waals surface area (Å²) in [6.45, 7) is -0.349. The SMILES string of the molecule is COc1cccc(NC(=O)COc2cc(Cl)ccc2C(=O)O)c1. The van der Waals surface area contributed by atoms with Gasteiger partial charge in [-0.15, -0.1) is 0 Å². The number of hydrogen-bond donors (Lipinski definition) is 2. The number of carbonyl (C=O) groups is 2. The second kappa shape index (κ2) is 7.51. The van der Waals surface area contributed by atoms with Gasteiger partial charge in [0.15, 0.2) is 6.61 Å². The minimum atomic E-state index is -1.16. The maximum atomic E-state index is 11.9. The van der Waals surface area contributed by atoms with Crippen molar-refractivity contribution in [3.63, 3.8) is 0 Å². The van der Waals surface area contributed by atoms with E-state index in [0.29, 0.717) is 16.5 Å². The highest BCUT2D eigenvalue weighted by Gasteiger charge is 2.13. The number of amides is 1. The van der Waals surface area contributed by atoms with Crippen molar-refractivity contribution in [2.24, 2.45) is 0 Å². The Bertz CT molecular complexity index is 732. The molecule has 0 saturated heterocycles. The number of hydrogen-bond acceptors (Lipinski definition) is 4. The van der Waals surface area contributed by atoms with Crippen molar-refractivity contribution >= 4 is 29.2 Å². The standard InChI is InChI=1S/C16H14ClNO5/c1-22-12-4-2-3-11(8-12)18-15(19)9-23-14-7-10(17)5-6-13(14)16(20)21/h2-8H,9H2,1H3,(H,18,19)(H,20,21). The first-order valence-corrected chi connectivity index (χ1v) is 6.97. The number of nitrogens with one attached hydrogen (secondary N) is 1. The van der Waals surface area contributed by atoms with Crippen molar-refractivity contribution in [2.75, 3.05) is 19.0 Å². The predicted molar refractivity (Wildman–Crippen MR) is 85.5 cm³/mol. The van der Waals surface area contributed by atoms with Crippen LogP contribution >= 0.6 is 11.6 Å². The zero-order valence-electron chi connectivity index (χ0n) is 12.2. The molecule has 0 radical (unpaired) electrons. The number of carbonyl (C=O) groups excluding carboxylic acids is 1. The molecule has 0 fully saturated rings. The maximum Gasteiger partial charge on any atom is 0.339 e. The van der Waals surface area contributed by atoms with Crippen LogP contribution in [0, 0.1) is 0 Å². The van der Waals surface area contributed by atoms with E-state index in [2.05, 4.69) is 5.32 Å². The maximum absolute atomic E-state index is 11.9. The minimum Gasteiger partial charge on any atom is -0.497 e. The summed E-state index contributed by atoms with van der Waals surface area (Å²) in [5.74, 6) is -0.961. The number of halogens is 1.